The molecule has 0 fully saturated rings. The number of ether oxygens (including phenoxy) is 2. The van der Waals surface area contributed by atoms with Gasteiger partial charge in [0.25, 0.3) is 5.56 Å². The van der Waals surface area contributed by atoms with Gasteiger partial charge in [-0.2, -0.15) is 13.2 Å². The Morgan fingerprint density at radius 3 is 2.31 bits per heavy atom. The highest BCUT2D eigenvalue weighted by atomic mass is 19.4. The fourth-order valence-corrected chi connectivity index (χ4v) is 3.10. The molecule has 10 heteroatoms. The largest absolute Gasteiger partial charge is 0.488 e. The average Bonchev–Trinajstić information content (AvgIpc) is 2.77. The van der Waals surface area contributed by atoms with Gasteiger partial charge >= 0.3 is 6.18 Å². The monoisotopic (exact) mass is 493 g/mol. The van der Waals surface area contributed by atoms with E-state index in [4.69, 9.17) is 4.74 Å². The smallest absolute Gasteiger partial charge is 0.422 e. The molecule has 2 aromatic carbocycles. The van der Waals surface area contributed by atoms with Crippen molar-refractivity contribution < 1.29 is 36.9 Å². The zero-order valence-electron chi connectivity index (χ0n) is 18.9. The molecule has 0 atom stereocenters. The lowest BCUT2D eigenvalue weighted by molar-refractivity contribution is -0.153. The van der Waals surface area contributed by atoms with E-state index >= 15 is 0 Å². The molecule has 0 bridgehead atoms. The second-order valence-electron chi connectivity index (χ2n) is 8.46. The van der Waals surface area contributed by atoms with E-state index in [2.05, 4.69) is 4.74 Å². The normalized spacial score (nSPS) is 11.9. The van der Waals surface area contributed by atoms with Crippen LogP contribution in [-0.4, -0.2) is 40.4 Å². The maximum absolute atomic E-state index is 13.8. The number of aromatic nitrogens is 1. The van der Waals surface area contributed by atoms with Crippen LogP contribution in [0.5, 0.6) is 11.5 Å². The van der Waals surface area contributed by atoms with Crippen LogP contribution in [0.4, 0.5) is 17.6 Å². The Balaban J connectivity index is 1.82. The minimum atomic E-state index is -4.47. The van der Waals surface area contributed by atoms with Crippen molar-refractivity contribution in [2.24, 2.45) is 0 Å². The number of carbonyl (C=O) groups excluding carboxylic acids is 1. The third-order valence-electron chi connectivity index (χ3n) is 4.70. The first-order valence-electron chi connectivity index (χ1n) is 10.5. The maximum atomic E-state index is 13.8. The van der Waals surface area contributed by atoms with E-state index in [1.807, 2.05) is 0 Å². The summed E-state index contributed by atoms with van der Waals surface area (Å²) in [6.07, 6.45) is -3.24. The van der Waals surface area contributed by atoms with Crippen LogP contribution in [0, 0.1) is 5.82 Å². The van der Waals surface area contributed by atoms with Gasteiger partial charge in [-0.1, -0.05) is 12.1 Å². The minimum Gasteiger partial charge on any atom is -0.488 e. The van der Waals surface area contributed by atoms with Crippen LogP contribution in [-0.2, 0) is 6.42 Å². The van der Waals surface area contributed by atoms with Crippen LogP contribution in [0.25, 0.3) is 5.69 Å². The van der Waals surface area contributed by atoms with Crippen molar-refractivity contribution >= 4 is 5.78 Å². The van der Waals surface area contributed by atoms with Gasteiger partial charge in [-0.05, 0) is 55.8 Å². The highest BCUT2D eigenvalue weighted by molar-refractivity contribution is 5.97. The third-order valence-corrected chi connectivity index (χ3v) is 4.70. The van der Waals surface area contributed by atoms with Gasteiger partial charge in [-0.25, -0.2) is 4.39 Å². The molecular weight excluding hydrogens is 470 g/mol. The molecule has 0 saturated heterocycles. The second kappa shape index (κ2) is 10.3. The summed E-state index contributed by atoms with van der Waals surface area (Å²) in [6, 6.07) is 11.9. The molecule has 1 aromatic heterocycles. The van der Waals surface area contributed by atoms with Crippen LogP contribution in [0.3, 0.4) is 0 Å². The van der Waals surface area contributed by atoms with Crippen LogP contribution in [0.1, 0.15) is 29.8 Å². The average molecular weight is 493 g/mol. The number of alkyl halides is 3. The zero-order valence-corrected chi connectivity index (χ0v) is 18.9. The van der Waals surface area contributed by atoms with Crippen LogP contribution in [0.15, 0.2) is 65.6 Å². The minimum absolute atomic E-state index is 0.00418. The summed E-state index contributed by atoms with van der Waals surface area (Å²) in [5.41, 5.74) is -1.36. The number of carbonyl (C=O) groups is 1. The van der Waals surface area contributed by atoms with Crippen LogP contribution >= 0.6 is 0 Å². The number of nitrogens with zero attached hydrogens (tertiary/aromatic N) is 1. The van der Waals surface area contributed by atoms with E-state index in [-0.39, 0.29) is 35.8 Å². The summed E-state index contributed by atoms with van der Waals surface area (Å²) in [5.74, 6) is -1.12. The van der Waals surface area contributed by atoms with Gasteiger partial charge in [0.15, 0.2) is 12.4 Å². The number of hydrogen-bond donors (Lipinski definition) is 1. The number of aliphatic hydroxyl groups is 1. The van der Waals surface area contributed by atoms with E-state index in [0.717, 1.165) is 16.7 Å². The van der Waals surface area contributed by atoms with Crippen LogP contribution in [0.2, 0.25) is 0 Å². The molecular formula is C25H23F4NO5. The molecule has 35 heavy (non-hydrogen) atoms. The lowest BCUT2D eigenvalue weighted by Crippen LogP contribution is -2.29. The van der Waals surface area contributed by atoms with E-state index < -0.39 is 35.5 Å². The Kier molecular flexibility index (Phi) is 7.64. The third kappa shape index (κ3) is 7.41. The van der Waals surface area contributed by atoms with Gasteiger partial charge in [-0.3, -0.25) is 14.2 Å². The molecule has 0 aliphatic heterocycles. The number of rotatable bonds is 9. The number of hydrogen-bond acceptors (Lipinski definition) is 5. The first kappa shape index (κ1) is 26.0. The summed E-state index contributed by atoms with van der Waals surface area (Å²) in [7, 11) is 0. The molecule has 0 aliphatic rings. The summed E-state index contributed by atoms with van der Waals surface area (Å²) >= 11 is 0. The predicted molar refractivity (Wildman–Crippen MR) is 120 cm³/mol. The van der Waals surface area contributed by atoms with Crippen molar-refractivity contribution in [2.45, 2.75) is 32.0 Å². The van der Waals surface area contributed by atoms with Gasteiger partial charge in [0.05, 0.1) is 16.9 Å². The van der Waals surface area contributed by atoms with E-state index in [1.54, 1.807) is 0 Å². The van der Waals surface area contributed by atoms with Gasteiger partial charge in [-0.15, -0.1) is 0 Å². The summed E-state index contributed by atoms with van der Waals surface area (Å²) in [4.78, 5) is 25.9. The Morgan fingerprint density at radius 1 is 1.00 bits per heavy atom. The number of pyridine rings is 1. The predicted octanol–water partition coefficient (Wildman–Crippen LogP) is 4.49. The molecule has 0 aliphatic carbocycles. The summed E-state index contributed by atoms with van der Waals surface area (Å²) in [5, 5.41) is 9.91. The molecule has 6 nitrogen and oxygen atoms in total. The van der Waals surface area contributed by atoms with Crippen molar-refractivity contribution in [3.05, 3.63) is 88.1 Å². The standard InChI is InChI=1S/C25H23F4NO5/c1-24(2,33)14-35-22-13-17(26)7-10-20(22)30-11-3-4-19(23(30)32)21(31)12-16-5-8-18(9-6-16)34-15-25(27,28)29/h3-11,13,33H,12,14-15H2,1-2H3. The van der Waals surface area contributed by atoms with Gasteiger partial charge in [0.1, 0.15) is 23.9 Å². The van der Waals surface area contributed by atoms with E-state index in [9.17, 15) is 32.3 Å². The second-order valence-corrected chi connectivity index (χ2v) is 8.46. The number of Topliss-reactive ketones (excluding diaryl/α,β-unsaturated/α-hetero) is 1. The molecule has 3 rings (SSSR count). The molecule has 1 N–H and O–H groups in total. The first-order chi connectivity index (χ1) is 16.3. The van der Waals surface area contributed by atoms with Crippen molar-refractivity contribution in [3.8, 4) is 17.2 Å². The topological polar surface area (TPSA) is 77.8 Å². The Morgan fingerprint density at radius 2 is 1.69 bits per heavy atom. The van der Waals surface area contributed by atoms with Gasteiger partial charge in [0, 0.05) is 18.7 Å². The summed E-state index contributed by atoms with van der Waals surface area (Å²) in [6.45, 7) is 1.41. The molecule has 186 valence electrons. The Labute approximate surface area is 198 Å². The number of halogens is 4. The summed E-state index contributed by atoms with van der Waals surface area (Å²) < 4.78 is 61.9. The maximum Gasteiger partial charge on any atom is 0.422 e. The quantitative estimate of drug-likeness (QED) is 0.351. The Hall–Kier alpha value is -3.66. The molecule has 0 radical (unpaired) electrons. The number of benzene rings is 2. The van der Waals surface area contributed by atoms with Crippen molar-refractivity contribution in [1.29, 1.82) is 0 Å². The molecule has 0 spiro atoms. The van der Waals surface area contributed by atoms with Crippen molar-refractivity contribution in [1.82, 2.24) is 4.57 Å². The fraction of sp³-hybridized carbons (Fsp3) is 0.280. The van der Waals surface area contributed by atoms with Crippen molar-refractivity contribution in [3.63, 3.8) is 0 Å². The highest BCUT2D eigenvalue weighted by Crippen LogP contribution is 2.25. The van der Waals surface area contributed by atoms with Crippen molar-refractivity contribution in [2.75, 3.05) is 13.2 Å². The first-order valence-corrected chi connectivity index (χ1v) is 10.5. The molecule has 0 saturated carbocycles. The van der Waals surface area contributed by atoms with E-state index in [1.165, 1.54) is 62.5 Å². The molecule has 3 aromatic rings. The van der Waals surface area contributed by atoms with Gasteiger partial charge in [0.2, 0.25) is 0 Å². The lowest BCUT2D eigenvalue weighted by atomic mass is 10.0. The van der Waals surface area contributed by atoms with E-state index in [0.29, 0.717) is 5.56 Å². The SMILES string of the molecule is CC(C)(O)COc1cc(F)ccc1-n1cccc(C(=O)Cc2ccc(OCC(F)(F)F)cc2)c1=O. The number of ketones is 1. The fourth-order valence-electron chi connectivity index (χ4n) is 3.10. The molecule has 1 heterocycles. The van der Waals surface area contributed by atoms with Gasteiger partial charge < -0.3 is 14.6 Å². The Bertz CT molecular complexity index is 1240. The zero-order chi connectivity index (χ0) is 25.8. The lowest BCUT2D eigenvalue weighted by Gasteiger charge is -2.20. The van der Waals surface area contributed by atoms with Crippen LogP contribution < -0.4 is 15.0 Å². The molecule has 0 unspecified atom stereocenters. The molecule has 0 amide bonds. The highest BCUT2D eigenvalue weighted by Gasteiger charge is 2.28.